The first-order valence-electron chi connectivity index (χ1n) is 9.77. The van der Waals surface area contributed by atoms with Crippen LogP contribution in [-0.2, 0) is 20.3 Å². The van der Waals surface area contributed by atoms with E-state index < -0.39 is 30.1 Å². The molecular formula is C23H21ClNO3P. The molecule has 0 aromatic heterocycles. The minimum Gasteiger partial charge on any atom is -0.323 e. The highest BCUT2D eigenvalue weighted by Crippen LogP contribution is 2.73. The molecule has 3 unspecified atom stereocenters. The number of hydrogen-bond donors (Lipinski definition) is 0. The molecular weight excluding hydrogens is 405 g/mol. The van der Waals surface area contributed by atoms with Crippen LogP contribution in [0.2, 0.25) is 0 Å². The number of allylic oxidation sites excluding steroid dienone is 2. The zero-order chi connectivity index (χ0) is 20.4. The van der Waals surface area contributed by atoms with E-state index >= 15 is 0 Å². The molecule has 2 saturated heterocycles. The number of rotatable bonds is 3. The molecule has 6 rings (SSSR count). The second-order valence-electron chi connectivity index (χ2n) is 8.53. The minimum absolute atomic E-state index is 0.226. The van der Waals surface area contributed by atoms with Crippen LogP contribution >= 0.6 is 18.7 Å². The number of benzene rings is 2. The number of carbonyl (C=O) groups excluding carboxylic acids is 2. The fraction of sp³-hybridized carbons (Fsp3) is 0.304. The van der Waals surface area contributed by atoms with Gasteiger partial charge < -0.3 is 4.57 Å². The van der Waals surface area contributed by atoms with Gasteiger partial charge >= 0.3 is 0 Å². The van der Waals surface area contributed by atoms with Gasteiger partial charge in [-0.1, -0.05) is 73.1 Å². The van der Waals surface area contributed by atoms with Crippen molar-refractivity contribution in [1.29, 1.82) is 0 Å². The molecule has 0 spiro atoms. The van der Waals surface area contributed by atoms with Gasteiger partial charge in [0.05, 0.1) is 17.5 Å². The van der Waals surface area contributed by atoms with Crippen molar-refractivity contribution < 1.29 is 14.2 Å². The molecule has 5 atom stereocenters. The summed E-state index contributed by atoms with van der Waals surface area (Å²) in [6.07, 6.45) is 2.60. The normalized spacial score (nSPS) is 35.6. The first-order valence-corrected chi connectivity index (χ1v) is 12.3. The highest BCUT2D eigenvalue weighted by Gasteiger charge is 2.68. The second kappa shape index (κ2) is 6.42. The number of hydrogen-bond acceptors (Lipinski definition) is 3. The van der Waals surface area contributed by atoms with E-state index in [9.17, 15) is 14.2 Å². The van der Waals surface area contributed by atoms with Gasteiger partial charge in [-0.25, -0.2) is 4.90 Å². The number of halogens is 1. The molecule has 3 aliphatic heterocycles. The molecule has 3 heterocycles. The van der Waals surface area contributed by atoms with Gasteiger partial charge in [0.1, 0.15) is 7.14 Å². The van der Waals surface area contributed by atoms with Crippen LogP contribution in [0.1, 0.15) is 12.5 Å². The van der Waals surface area contributed by atoms with Crippen LogP contribution in [0.25, 0.3) is 0 Å². The van der Waals surface area contributed by atoms with Gasteiger partial charge in [-0.05, 0) is 17.7 Å². The topological polar surface area (TPSA) is 54.5 Å². The summed E-state index contributed by atoms with van der Waals surface area (Å²) >= 11 is 6.62. The number of amides is 2. The zero-order valence-corrected chi connectivity index (χ0v) is 17.6. The Balaban J connectivity index is 1.60. The van der Waals surface area contributed by atoms with Gasteiger partial charge in [-0.3, -0.25) is 9.59 Å². The number of nitrogens with zero attached hydrogens (tertiary/aromatic N) is 1. The number of anilines is 1. The van der Waals surface area contributed by atoms with Crippen molar-refractivity contribution in [1.82, 2.24) is 0 Å². The van der Waals surface area contributed by atoms with E-state index in [4.69, 9.17) is 11.6 Å². The van der Waals surface area contributed by atoms with Crippen LogP contribution < -0.4 is 4.90 Å². The summed E-state index contributed by atoms with van der Waals surface area (Å²) in [5.74, 6) is -1.65. The average molecular weight is 426 g/mol. The Morgan fingerprint density at radius 3 is 2.31 bits per heavy atom. The van der Waals surface area contributed by atoms with Gasteiger partial charge in [0, 0.05) is 28.4 Å². The largest absolute Gasteiger partial charge is 0.323 e. The molecule has 4 aliphatic rings. The van der Waals surface area contributed by atoms with Gasteiger partial charge in [0.2, 0.25) is 11.8 Å². The van der Waals surface area contributed by atoms with Crippen LogP contribution in [0, 0.1) is 17.3 Å². The van der Waals surface area contributed by atoms with Crippen LogP contribution in [0.3, 0.4) is 0 Å². The van der Waals surface area contributed by atoms with E-state index in [1.165, 1.54) is 4.90 Å². The molecule has 2 aromatic rings. The fourth-order valence-electron chi connectivity index (χ4n) is 5.45. The fourth-order valence-corrected chi connectivity index (χ4v) is 10.1. The predicted molar refractivity (Wildman–Crippen MR) is 114 cm³/mol. The molecule has 2 amide bonds. The minimum atomic E-state index is -2.81. The molecule has 0 saturated carbocycles. The molecule has 29 heavy (non-hydrogen) atoms. The number of imide groups is 1. The first kappa shape index (κ1) is 18.8. The smallest absolute Gasteiger partial charge is 0.238 e. The summed E-state index contributed by atoms with van der Waals surface area (Å²) in [4.78, 5) is 28.1. The lowest BCUT2D eigenvalue weighted by Gasteiger charge is -2.52. The van der Waals surface area contributed by atoms with Crippen LogP contribution in [0.5, 0.6) is 0 Å². The van der Waals surface area contributed by atoms with E-state index in [1.807, 2.05) is 49.4 Å². The average Bonchev–Trinajstić information content (AvgIpc) is 2.97. The van der Waals surface area contributed by atoms with Crippen molar-refractivity contribution in [3.8, 4) is 0 Å². The molecule has 2 aromatic carbocycles. The maximum absolute atomic E-state index is 14.2. The van der Waals surface area contributed by atoms with E-state index in [0.717, 1.165) is 5.56 Å². The summed E-state index contributed by atoms with van der Waals surface area (Å²) in [6, 6.07) is 18.7. The SMILES string of the molecule is CC12CP(=O)(Cc3ccccc3)C(C=C1Cl)[C@H]1C(=O)N(c3ccccc3)C(=O)[C@H]12. The molecule has 1 aliphatic carbocycles. The maximum Gasteiger partial charge on any atom is 0.238 e. The summed E-state index contributed by atoms with van der Waals surface area (Å²) in [7, 11) is -2.81. The molecule has 0 N–H and O–H groups in total. The Hall–Kier alpha value is -2.16. The van der Waals surface area contributed by atoms with Crippen molar-refractivity contribution in [2.45, 2.75) is 18.7 Å². The Kier molecular flexibility index (Phi) is 4.17. The quantitative estimate of drug-likeness (QED) is 0.520. The third-order valence-electron chi connectivity index (χ3n) is 6.72. The summed E-state index contributed by atoms with van der Waals surface area (Å²) < 4.78 is 14.2. The first-order chi connectivity index (χ1) is 13.8. The standard InChI is InChI=1S/C23H21ClNO3P/c1-23-14-29(28,13-15-8-4-2-5-9-15)17(12-18(23)24)19-20(23)22(27)25(21(19)26)16-10-6-3-7-11-16/h2-12,17,19-20H,13-14H2,1H3/t17?,19-,20+,23?,29?/m1/s1. The maximum atomic E-state index is 14.2. The molecule has 2 bridgehead atoms. The van der Waals surface area contributed by atoms with E-state index in [0.29, 0.717) is 23.0 Å². The van der Waals surface area contributed by atoms with Crippen LogP contribution in [0.15, 0.2) is 71.8 Å². The third kappa shape index (κ3) is 2.62. The van der Waals surface area contributed by atoms with E-state index in [-0.39, 0.29) is 11.8 Å². The lowest BCUT2D eigenvalue weighted by Crippen LogP contribution is -2.51. The Labute approximate surface area is 174 Å². The zero-order valence-electron chi connectivity index (χ0n) is 16.0. The molecule has 6 heteroatoms. The molecule has 4 nitrogen and oxygen atoms in total. The highest BCUT2D eigenvalue weighted by atomic mass is 35.5. The lowest BCUT2D eigenvalue weighted by atomic mass is 9.67. The van der Waals surface area contributed by atoms with E-state index in [2.05, 4.69) is 0 Å². The summed E-state index contributed by atoms with van der Waals surface area (Å²) in [5.41, 5.74) is 0.285. The van der Waals surface area contributed by atoms with Gasteiger partial charge in [0.25, 0.3) is 0 Å². The molecule has 148 valence electrons. The summed E-state index contributed by atoms with van der Waals surface area (Å²) in [6.45, 7) is 1.90. The van der Waals surface area contributed by atoms with Gasteiger partial charge in [-0.15, -0.1) is 0 Å². The van der Waals surface area contributed by atoms with Crippen LogP contribution in [0.4, 0.5) is 5.69 Å². The Bertz CT molecular complexity index is 1080. The van der Waals surface area contributed by atoms with Crippen molar-refractivity contribution >= 4 is 36.2 Å². The third-order valence-corrected chi connectivity index (χ3v) is 10.9. The monoisotopic (exact) mass is 425 g/mol. The number of carbonyl (C=O) groups is 2. The summed E-state index contributed by atoms with van der Waals surface area (Å²) in [5, 5.41) is 0.569. The van der Waals surface area contributed by atoms with Crippen molar-refractivity contribution in [3.63, 3.8) is 0 Å². The predicted octanol–water partition coefficient (Wildman–Crippen LogP) is 4.88. The van der Waals surface area contributed by atoms with Gasteiger partial charge in [-0.2, -0.15) is 0 Å². The number of para-hydroxylation sites is 1. The highest BCUT2D eigenvalue weighted by molar-refractivity contribution is 7.64. The Morgan fingerprint density at radius 1 is 1.03 bits per heavy atom. The van der Waals surface area contributed by atoms with Crippen molar-refractivity contribution in [3.05, 3.63) is 77.3 Å². The van der Waals surface area contributed by atoms with Crippen molar-refractivity contribution in [2.75, 3.05) is 11.1 Å². The molecule has 0 radical (unpaired) electrons. The van der Waals surface area contributed by atoms with Crippen molar-refractivity contribution in [2.24, 2.45) is 17.3 Å². The second-order valence-corrected chi connectivity index (χ2v) is 12.1. The lowest BCUT2D eigenvalue weighted by molar-refractivity contribution is -0.123. The van der Waals surface area contributed by atoms with Gasteiger partial charge in [0.15, 0.2) is 0 Å². The Morgan fingerprint density at radius 2 is 1.66 bits per heavy atom. The van der Waals surface area contributed by atoms with Crippen LogP contribution in [-0.4, -0.2) is 23.6 Å². The van der Waals surface area contributed by atoms with E-state index in [1.54, 1.807) is 24.3 Å². The molecule has 2 fully saturated rings. The number of fused-ring (bicyclic) bond motifs is 1.